The maximum absolute atomic E-state index is 13.2. The van der Waals surface area contributed by atoms with Crippen LogP contribution in [0.25, 0.3) is 10.9 Å². The van der Waals surface area contributed by atoms with Crippen LogP contribution in [0.4, 0.5) is 0 Å². The first-order chi connectivity index (χ1) is 12.2. The minimum absolute atomic E-state index is 0.133. The number of aromatic amines is 1. The van der Waals surface area contributed by atoms with Crippen LogP contribution >= 0.6 is 15.9 Å². The molecule has 1 heterocycles. The lowest BCUT2D eigenvalue weighted by Crippen LogP contribution is -2.24. The van der Waals surface area contributed by atoms with E-state index < -0.39 is 11.6 Å². The van der Waals surface area contributed by atoms with Gasteiger partial charge in [0, 0.05) is 26.6 Å². The minimum atomic E-state index is -0.612. The Labute approximate surface area is 160 Å². The normalized spacial score (nSPS) is 11.6. The quantitative estimate of drug-likeness (QED) is 0.460. The number of carbonyl (C=O) groups excluding carboxylic acids is 2. The molecular formula is C21H20BrNO3. The lowest BCUT2D eigenvalue weighted by molar-refractivity contribution is 0.00718. The van der Waals surface area contributed by atoms with Crippen LogP contribution in [0.1, 0.15) is 52.7 Å². The fraction of sp³-hybridized carbons (Fsp3) is 0.238. The van der Waals surface area contributed by atoms with Crippen molar-refractivity contribution in [2.45, 2.75) is 33.3 Å². The topological polar surface area (TPSA) is 59.2 Å². The number of ether oxygens (including phenoxy) is 1. The summed E-state index contributed by atoms with van der Waals surface area (Å²) in [5.41, 5.74) is 2.30. The van der Waals surface area contributed by atoms with E-state index in [1.54, 1.807) is 24.3 Å². The molecule has 0 saturated carbocycles. The number of rotatable bonds is 3. The van der Waals surface area contributed by atoms with E-state index in [4.69, 9.17) is 4.74 Å². The Hall–Kier alpha value is -2.40. The first-order valence-corrected chi connectivity index (χ1v) is 9.11. The summed E-state index contributed by atoms with van der Waals surface area (Å²) in [6, 6.07) is 12.6. The zero-order valence-electron chi connectivity index (χ0n) is 15.1. The third-order valence-electron chi connectivity index (χ3n) is 3.94. The molecule has 1 N–H and O–H groups in total. The first kappa shape index (κ1) is 18.4. The number of aromatic nitrogens is 1. The summed E-state index contributed by atoms with van der Waals surface area (Å²) in [5.74, 6) is -0.573. The monoisotopic (exact) mass is 413 g/mol. The number of H-pyrrole nitrogens is 1. The largest absolute Gasteiger partial charge is 0.456 e. The Morgan fingerprint density at radius 1 is 1.08 bits per heavy atom. The second-order valence-electron chi connectivity index (χ2n) is 7.19. The summed E-state index contributed by atoms with van der Waals surface area (Å²) < 4.78 is 6.36. The molecule has 0 aliphatic carbocycles. The summed E-state index contributed by atoms with van der Waals surface area (Å²) in [6.07, 6.45) is 0. The molecule has 4 nitrogen and oxygen atoms in total. The van der Waals surface area contributed by atoms with Crippen molar-refractivity contribution in [2.24, 2.45) is 0 Å². The summed E-state index contributed by atoms with van der Waals surface area (Å²) >= 11 is 3.40. The number of esters is 1. The van der Waals surface area contributed by atoms with Gasteiger partial charge in [0.1, 0.15) is 5.60 Å². The number of hydrogen-bond donors (Lipinski definition) is 1. The number of halogens is 1. The van der Waals surface area contributed by atoms with E-state index in [2.05, 4.69) is 20.9 Å². The van der Waals surface area contributed by atoms with Crippen LogP contribution in [0, 0.1) is 6.92 Å². The molecule has 1 aromatic heterocycles. The molecule has 5 heteroatoms. The summed E-state index contributed by atoms with van der Waals surface area (Å²) in [6.45, 7) is 7.30. The van der Waals surface area contributed by atoms with Gasteiger partial charge in [-0.1, -0.05) is 34.1 Å². The molecule has 134 valence electrons. The van der Waals surface area contributed by atoms with Crippen molar-refractivity contribution in [2.75, 3.05) is 0 Å². The van der Waals surface area contributed by atoms with Crippen LogP contribution < -0.4 is 0 Å². The van der Waals surface area contributed by atoms with Gasteiger partial charge in [-0.05, 0) is 52.0 Å². The smallest absolute Gasteiger partial charge is 0.339 e. The zero-order valence-corrected chi connectivity index (χ0v) is 16.7. The van der Waals surface area contributed by atoms with Gasteiger partial charge >= 0.3 is 5.97 Å². The van der Waals surface area contributed by atoms with Crippen molar-refractivity contribution in [3.63, 3.8) is 0 Å². The van der Waals surface area contributed by atoms with E-state index in [0.29, 0.717) is 22.1 Å². The minimum Gasteiger partial charge on any atom is -0.456 e. The Kier molecular flexibility index (Phi) is 4.76. The van der Waals surface area contributed by atoms with Crippen LogP contribution in [-0.4, -0.2) is 22.3 Å². The van der Waals surface area contributed by atoms with Gasteiger partial charge in [0.15, 0.2) is 5.78 Å². The average molecular weight is 414 g/mol. The molecule has 0 radical (unpaired) electrons. The Bertz CT molecular complexity index is 1010. The lowest BCUT2D eigenvalue weighted by atomic mass is 9.97. The SMILES string of the molecule is Cc1[nH]c2cccc(C(=O)OC(C)(C)C)c2c1C(=O)c1cccc(Br)c1. The molecule has 0 atom stereocenters. The maximum Gasteiger partial charge on any atom is 0.339 e. The first-order valence-electron chi connectivity index (χ1n) is 8.32. The van der Waals surface area contributed by atoms with Crippen molar-refractivity contribution in [1.82, 2.24) is 4.98 Å². The second-order valence-corrected chi connectivity index (χ2v) is 8.11. The Morgan fingerprint density at radius 3 is 2.42 bits per heavy atom. The van der Waals surface area contributed by atoms with Crippen molar-refractivity contribution in [3.05, 3.63) is 69.3 Å². The number of hydrogen-bond acceptors (Lipinski definition) is 3. The number of ketones is 1. The van der Waals surface area contributed by atoms with Gasteiger partial charge in [0.25, 0.3) is 0 Å². The molecule has 0 aliphatic heterocycles. The van der Waals surface area contributed by atoms with E-state index in [-0.39, 0.29) is 5.78 Å². The number of aryl methyl sites for hydroxylation is 1. The zero-order chi connectivity index (χ0) is 19.1. The molecule has 2 aromatic carbocycles. The van der Waals surface area contributed by atoms with Crippen molar-refractivity contribution < 1.29 is 14.3 Å². The van der Waals surface area contributed by atoms with Crippen molar-refractivity contribution >= 4 is 38.6 Å². The van der Waals surface area contributed by atoms with Gasteiger partial charge in [0.2, 0.25) is 0 Å². The molecule has 0 spiro atoms. The summed E-state index contributed by atoms with van der Waals surface area (Å²) in [5, 5.41) is 0.601. The fourth-order valence-corrected chi connectivity index (χ4v) is 3.34. The number of benzene rings is 2. The highest BCUT2D eigenvalue weighted by Crippen LogP contribution is 2.30. The summed E-state index contributed by atoms with van der Waals surface area (Å²) in [4.78, 5) is 29.1. The third-order valence-corrected chi connectivity index (χ3v) is 4.44. The molecule has 0 fully saturated rings. The van der Waals surface area contributed by atoms with Crippen LogP contribution in [0.3, 0.4) is 0 Å². The predicted molar refractivity (Wildman–Crippen MR) is 106 cm³/mol. The van der Waals surface area contributed by atoms with Crippen LogP contribution in [0.15, 0.2) is 46.9 Å². The summed E-state index contributed by atoms with van der Waals surface area (Å²) in [7, 11) is 0. The fourth-order valence-electron chi connectivity index (χ4n) is 2.94. The molecule has 3 rings (SSSR count). The Morgan fingerprint density at radius 2 is 1.77 bits per heavy atom. The highest BCUT2D eigenvalue weighted by Gasteiger charge is 2.25. The molecule has 0 amide bonds. The van der Waals surface area contributed by atoms with Gasteiger partial charge < -0.3 is 9.72 Å². The van der Waals surface area contributed by atoms with E-state index in [1.807, 2.05) is 45.9 Å². The maximum atomic E-state index is 13.2. The average Bonchev–Trinajstić information content (AvgIpc) is 2.88. The highest BCUT2D eigenvalue weighted by molar-refractivity contribution is 9.10. The predicted octanol–water partition coefficient (Wildman–Crippen LogP) is 5.43. The molecule has 3 aromatic rings. The Balaban J connectivity index is 2.19. The van der Waals surface area contributed by atoms with Gasteiger partial charge in [-0.2, -0.15) is 0 Å². The van der Waals surface area contributed by atoms with E-state index in [1.165, 1.54) is 0 Å². The van der Waals surface area contributed by atoms with Gasteiger partial charge in [-0.3, -0.25) is 4.79 Å². The number of carbonyl (C=O) groups is 2. The molecule has 0 unspecified atom stereocenters. The van der Waals surface area contributed by atoms with E-state index >= 15 is 0 Å². The molecule has 0 aliphatic rings. The van der Waals surface area contributed by atoms with E-state index in [9.17, 15) is 9.59 Å². The molecule has 0 saturated heterocycles. The molecule has 26 heavy (non-hydrogen) atoms. The standard InChI is InChI=1S/C21H20BrNO3/c1-12-17(19(24)13-7-5-8-14(22)11-13)18-15(9-6-10-16(18)23-12)20(25)26-21(2,3)4/h5-11,23H,1-4H3. The molecule has 0 bridgehead atoms. The van der Waals surface area contributed by atoms with E-state index in [0.717, 1.165) is 15.7 Å². The van der Waals surface area contributed by atoms with Gasteiger partial charge in [-0.25, -0.2) is 4.79 Å². The lowest BCUT2D eigenvalue weighted by Gasteiger charge is -2.20. The van der Waals surface area contributed by atoms with Gasteiger partial charge in [0.05, 0.1) is 11.1 Å². The van der Waals surface area contributed by atoms with Gasteiger partial charge in [-0.15, -0.1) is 0 Å². The second kappa shape index (κ2) is 6.72. The highest BCUT2D eigenvalue weighted by atomic mass is 79.9. The van der Waals surface area contributed by atoms with Crippen LogP contribution in [-0.2, 0) is 4.74 Å². The van der Waals surface area contributed by atoms with Crippen molar-refractivity contribution in [3.8, 4) is 0 Å². The van der Waals surface area contributed by atoms with Crippen molar-refractivity contribution in [1.29, 1.82) is 0 Å². The third kappa shape index (κ3) is 3.58. The number of fused-ring (bicyclic) bond motifs is 1. The van der Waals surface area contributed by atoms with Crippen LogP contribution in [0.2, 0.25) is 0 Å². The number of nitrogens with one attached hydrogen (secondary N) is 1. The van der Waals surface area contributed by atoms with Crippen LogP contribution in [0.5, 0.6) is 0 Å². The molecular weight excluding hydrogens is 394 g/mol.